The van der Waals surface area contributed by atoms with Crippen molar-refractivity contribution in [2.24, 2.45) is 0 Å². The molecule has 0 spiro atoms. The van der Waals surface area contributed by atoms with E-state index in [1.165, 1.54) is 50.8 Å². The van der Waals surface area contributed by atoms with E-state index in [2.05, 4.69) is 4.98 Å². The molecule has 1 fully saturated rings. The Hall–Kier alpha value is -2.70. The van der Waals surface area contributed by atoms with Gasteiger partial charge in [-0.25, -0.2) is 4.98 Å². The average molecular weight is 498 g/mol. The lowest BCUT2D eigenvalue weighted by Gasteiger charge is -2.43. The van der Waals surface area contributed by atoms with Crippen LogP contribution < -0.4 is 0 Å². The molecule has 2 aromatic rings. The second-order valence-electron chi connectivity index (χ2n) is 7.13. The standard InChI is InChI=1S/C21H23NO9S2/c1-10(23)27-9-15-17(28-11(2)24)18(29-12(3)25)19(30-13(4)26)20(31-15)33-21-22-14-7-5-6-8-16(14)32-21/h5-8,15,17-20H,9H2,1-4H3/t15-,17-,18+,19-,20?/m1/s1. The van der Waals surface area contributed by atoms with Gasteiger partial charge < -0.3 is 23.7 Å². The zero-order valence-electron chi connectivity index (χ0n) is 18.3. The number of rotatable bonds is 7. The summed E-state index contributed by atoms with van der Waals surface area (Å²) >= 11 is 2.58. The van der Waals surface area contributed by atoms with E-state index in [-0.39, 0.29) is 6.61 Å². The predicted octanol–water partition coefficient (Wildman–Crippen LogP) is 2.47. The molecule has 5 atom stereocenters. The summed E-state index contributed by atoms with van der Waals surface area (Å²) in [4.78, 5) is 51.5. The van der Waals surface area contributed by atoms with Crippen molar-refractivity contribution in [3.05, 3.63) is 24.3 Å². The monoisotopic (exact) mass is 497 g/mol. The van der Waals surface area contributed by atoms with Gasteiger partial charge in [0.15, 0.2) is 28.1 Å². The lowest BCUT2D eigenvalue weighted by Crippen LogP contribution is -2.61. The molecule has 1 unspecified atom stereocenters. The number of thiazole rings is 1. The van der Waals surface area contributed by atoms with Crippen LogP contribution in [0.3, 0.4) is 0 Å². The Morgan fingerprint density at radius 2 is 1.52 bits per heavy atom. The number of hydrogen-bond donors (Lipinski definition) is 0. The molecule has 1 aromatic carbocycles. The van der Waals surface area contributed by atoms with Crippen molar-refractivity contribution in [3.8, 4) is 0 Å². The summed E-state index contributed by atoms with van der Waals surface area (Å²) in [6.45, 7) is 4.52. The van der Waals surface area contributed by atoms with Gasteiger partial charge >= 0.3 is 23.9 Å². The van der Waals surface area contributed by atoms with E-state index >= 15 is 0 Å². The Morgan fingerprint density at radius 1 is 0.909 bits per heavy atom. The topological polar surface area (TPSA) is 127 Å². The molecule has 0 N–H and O–H groups in total. The summed E-state index contributed by atoms with van der Waals surface area (Å²) in [5, 5.41) is 0. The normalized spacial score (nSPS) is 24.7. The number of fused-ring (bicyclic) bond motifs is 1. The van der Waals surface area contributed by atoms with Gasteiger partial charge in [0.05, 0.1) is 10.2 Å². The molecule has 0 bridgehead atoms. The zero-order valence-corrected chi connectivity index (χ0v) is 20.0. The number of para-hydroxylation sites is 1. The molecular formula is C21H23NO9S2. The van der Waals surface area contributed by atoms with Gasteiger partial charge in [0.1, 0.15) is 12.7 Å². The maximum Gasteiger partial charge on any atom is 0.303 e. The van der Waals surface area contributed by atoms with Gasteiger partial charge in [0.25, 0.3) is 0 Å². The number of aromatic nitrogens is 1. The van der Waals surface area contributed by atoms with Crippen LogP contribution in [-0.2, 0) is 42.9 Å². The Labute approximate surface area is 197 Å². The highest BCUT2D eigenvalue weighted by molar-refractivity contribution is 8.01. The van der Waals surface area contributed by atoms with Crippen LogP contribution in [0.1, 0.15) is 27.7 Å². The maximum atomic E-state index is 11.9. The quantitative estimate of drug-likeness (QED) is 0.413. The fraction of sp³-hybridized carbons (Fsp3) is 0.476. The fourth-order valence-electron chi connectivity index (χ4n) is 3.28. The van der Waals surface area contributed by atoms with Crippen LogP contribution in [-0.4, -0.2) is 65.3 Å². The minimum Gasteiger partial charge on any atom is -0.463 e. The fourth-order valence-corrected chi connectivity index (χ4v) is 5.62. The van der Waals surface area contributed by atoms with Crippen LogP contribution >= 0.6 is 23.1 Å². The third kappa shape index (κ3) is 6.65. The second-order valence-corrected chi connectivity index (χ2v) is 9.51. The van der Waals surface area contributed by atoms with E-state index < -0.39 is 53.7 Å². The van der Waals surface area contributed by atoms with Crippen LogP contribution in [0.25, 0.3) is 10.2 Å². The summed E-state index contributed by atoms with van der Waals surface area (Å²) in [6.07, 6.45) is -4.49. The van der Waals surface area contributed by atoms with Crippen LogP contribution in [0, 0.1) is 0 Å². The molecule has 10 nitrogen and oxygen atoms in total. The first kappa shape index (κ1) is 24.9. The largest absolute Gasteiger partial charge is 0.463 e. The Kier molecular flexibility index (Phi) is 8.27. The van der Waals surface area contributed by atoms with Crippen LogP contribution in [0.4, 0.5) is 0 Å². The van der Waals surface area contributed by atoms with Gasteiger partial charge in [-0.2, -0.15) is 0 Å². The Balaban J connectivity index is 1.98. The number of hydrogen-bond acceptors (Lipinski definition) is 12. The highest BCUT2D eigenvalue weighted by Crippen LogP contribution is 2.40. The van der Waals surface area contributed by atoms with Crippen LogP contribution in [0.5, 0.6) is 0 Å². The molecule has 0 amide bonds. The molecule has 1 aliphatic rings. The highest BCUT2D eigenvalue weighted by Gasteiger charge is 2.52. The van der Waals surface area contributed by atoms with Crippen LogP contribution in [0.2, 0.25) is 0 Å². The van der Waals surface area contributed by atoms with E-state index in [0.29, 0.717) is 4.34 Å². The lowest BCUT2D eigenvalue weighted by atomic mass is 9.99. The van der Waals surface area contributed by atoms with Gasteiger partial charge in [-0.15, -0.1) is 11.3 Å². The Morgan fingerprint density at radius 3 is 2.12 bits per heavy atom. The first-order chi connectivity index (χ1) is 15.6. The summed E-state index contributed by atoms with van der Waals surface area (Å²) < 4.78 is 29.0. The first-order valence-corrected chi connectivity index (χ1v) is 11.7. The van der Waals surface area contributed by atoms with Crippen molar-refractivity contribution < 1.29 is 42.9 Å². The average Bonchev–Trinajstić information content (AvgIpc) is 3.12. The number of esters is 4. The van der Waals surface area contributed by atoms with Crippen molar-refractivity contribution >= 4 is 57.2 Å². The highest BCUT2D eigenvalue weighted by atomic mass is 32.2. The van der Waals surface area contributed by atoms with Crippen molar-refractivity contribution in [2.75, 3.05) is 6.61 Å². The molecule has 1 aliphatic heterocycles. The molecule has 2 heterocycles. The molecular weight excluding hydrogens is 474 g/mol. The van der Waals surface area contributed by atoms with Crippen LogP contribution in [0.15, 0.2) is 28.6 Å². The number of nitrogens with zero attached hydrogens (tertiary/aromatic N) is 1. The second kappa shape index (κ2) is 10.9. The van der Waals surface area contributed by atoms with E-state index in [1.54, 1.807) is 0 Å². The number of benzene rings is 1. The summed E-state index contributed by atoms with van der Waals surface area (Å²) in [5.74, 6) is -2.56. The van der Waals surface area contributed by atoms with Crippen molar-refractivity contribution in [1.29, 1.82) is 0 Å². The maximum absolute atomic E-state index is 11.9. The summed E-state index contributed by atoms with van der Waals surface area (Å²) in [7, 11) is 0. The third-order valence-corrected chi connectivity index (χ3v) is 6.71. The van der Waals surface area contributed by atoms with E-state index in [4.69, 9.17) is 23.7 Å². The summed E-state index contributed by atoms with van der Waals surface area (Å²) in [5.41, 5.74) is -0.109. The zero-order chi connectivity index (χ0) is 24.1. The predicted molar refractivity (Wildman–Crippen MR) is 117 cm³/mol. The van der Waals surface area contributed by atoms with Gasteiger partial charge in [0, 0.05) is 27.7 Å². The van der Waals surface area contributed by atoms with Gasteiger partial charge in [-0.05, 0) is 12.1 Å². The lowest BCUT2D eigenvalue weighted by molar-refractivity contribution is -0.237. The summed E-state index contributed by atoms with van der Waals surface area (Å²) in [6, 6.07) is 7.54. The molecule has 33 heavy (non-hydrogen) atoms. The first-order valence-electron chi connectivity index (χ1n) is 9.96. The number of ether oxygens (including phenoxy) is 5. The van der Waals surface area contributed by atoms with Crippen molar-refractivity contribution in [3.63, 3.8) is 0 Å². The molecule has 3 rings (SSSR count). The molecule has 0 saturated carbocycles. The van der Waals surface area contributed by atoms with Gasteiger partial charge in [-0.3, -0.25) is 19.2 Å². The molecule has 0 radical (unpaired) electrons. The number of carbonyl (C=O) groups is 4. The molecule has 1 aromatic heterocycles. The van der Waals surface area contributed by atoms with Crippen molar-refractivity contribution in [2.45, 2.75) is 61.9 Å². The molecule has 0 aliphatic carbocycles. The number of thioether (sulfide) groups is 1. The van der Waals surface area contributed by atoms with E-state index in [0.717, 1.165) is 10.2 Å². The van der Waals surface area contributed by atoms with E-state index in [1.807, 2.05) is 24.3 Å². The van der Waals surface area contributed by atoms with Gasteiger partial charge in [-0.1, -0.05) is 23.9 Å². The molecule has 1 saturated heterocycles. The minimum atomic E-state index is -1.20. The number of carbonyl (C=O) groups excluding carboxylic acids is 4. The SMILES string of the molecule is CC(=O)OC[C@H]1OC(Sc2nc3ccccc3s2)[C@H](OC(C)=O)[C@@H](OC(C)=O)[C@@H]1OC(C)=O. The van der Waals surface area contributed by atoms with Gasteiger partial charge in [0.2, 0.25) is 0 Å². The van der Waals surface area contributed by atoms with Crippen molar-refractivity contribution in [1.82, 2.24) is 4.98 Å². The van der Waals surface area contributed by atoms with E-state index in [9.17, 15) is 19.2 Å². The Bertz CT molecular complexity index is 1010. The molecule has 178 valence electrons. The minimum absolute atomic E-state index is 0.269. The third-order valence-electron chi connectivity index (χ3n) is 4.44. The smallest absolute Gasteiger partial charge is 0.303 e. The molecule has 12 heteroatoms.